The molecule has 0 radical (unpaired) electrons. The van der Waals surface area contributed by atoms with Crippen LogP contribution in [0, 0.1) is 5.92 Å². The third-order valence-electron chi connectivity index (χ3n) is 7.52. The second kappa shape index (κ2) is 14.7. The highest BCUT2D eigenvalue weighted by molar-refractivity contribution is 8.14. The Morgan fingerprint density at radius 1 is 0.911 bits per heavy atom. The van der Waals surface area contributed by atoms with Crippen molar-refractivity contribution >= 4 is 78.3 Å². The van der Waals surface area contributed by atoms with Gasteiger partial charge in [0.25, 0.3) is 0 Å². The van der Waals surface area contributed by atoms with Gasteiger partial charge in [0.05, 0.1) is 17.4 Å². The predicted octanol–water partition coefficient (Wildman–Crippen LogP) is 5.22. The molecule has 6 nitrogen and oxygen atoms in total. The number of benzene rings is 3. The van der Waals surface area contributed by atoms with Gasteiger partial charge in [-0.1, -0.05) is 136 Å². The number of nitrogens with zero attached hydrogens (tertiary/aromatic N) is 1. The van der Waals surface area contributed by atoms with Crippen molar-refractivity contribution in [3.8, 4) is 0 Å². The van der Waals surface area contributed by atoms with Gasteiger partial charge in [0.1, 0.15) is 17.4 Å². The van der Waals surface area contributed by atoms with E-state index < -0.39 is 39.5 Å². The molecule has 1 heterocycles. The van der Waals surface area contributed by atoms with E-state index >= 15 is 0 Å². The maximum absolute atomic E-state index is 14.6. The fourth-order valence-electron chi connectivity index (χ4n) is 5.47. The van der Waals surface area contributed by atoms with E-state index in [0.29, 0.717) is 0 Å². The molecule has 1 aliphatic heterocycles. The number of rotatable bonds is 12. The van der Waals surface area contributed by atoms with Crippen molar-refractivity contribution in [3.05, 3.63) is 104 Å². The van der Waals surface area contributed by atoms with Crippen LogP contribution in [0.25, 0.3) is 0 Å². The minimum atomic E-state index is -3.11. The number of esters is 1. The van der Waals surface area contributed by atoms with Gasteiger partial charge < -0.3 is 9.16 Å². The Kier molecular flexibility index (Phi) is 11.4. The second-order valence-electron chi connectivity index (χ2n) is 12.5. The summed E-state index contributed by atoms with van der Waals surface area (Å²) in [6.45, 7) is 10.7. The number of thioether (sulfide) groups is 1. The third kappa shape index (κ3) is 7.42. The summed E-state index contributed by atoms with van der Waals surface area (Å²) in [6.07, 6.45) is 1.50. The molecule has 1 aliphatic rings. The number of hydrogen-bond donors (Lipinski definition) is 0. The molecule has 2 atom stereocenters. The zero-order valence-electron chi connectivity index (χ0n) is 26.4. The molecule has 0 bridgehead atoms. The first-order valence-electron chi connectivity index (χ1n) is 14.8. The molecule has 3 aromatic rings. The summed E-state index contributed by atoms with van der Waals surface area (Å²) < 4.78 is 12.3. The zero-order valence-corrected chi connectivity index (χ0v) is 30.3. The van der Waals surface area contributed by atoms with Gasteiger partial charge in [-0.2, -0.15) is 0 Å². The zero-order chi connectivity index (χ0) is 32.8. The van der Waals surface area contributed by atoms with E-state index in [1.807, 2.05) is 105 Å². The van der Waals surface area contributed by atoms with Crippen molar-refractivity contribution in [1.82, 2.24) is 4.90 Å². The van der Waals surface area contributed by atoms with Gasteiger partial charge in [0, 0.05) is 6.89 Å². The molecule has 1 amide bonds. The number of carbonyl (C=O) groups excluding carboxylic acids is 3. The Bertz CT molecular complexity index is 1470. The Hall–Kier alpha value is -2.87. The highest BCUT2D eigenvalue weighted by Crippen LogP contribution is 2.52. The number of β-lactam (4-membered cyclic amide) rings is 1. The van der Waals surface area contributed by atoms with E-state index in [9.17, 15) is 14.4 Å². The highest BCUT2D eigenvalue weighted by Gasteiger charge is 2.60. The molecule has 0 unspecified atom stereocenters. The number of halogens is 1. The van der Waals surface area contributed by atoms with Crippen molar-refractivity contribution in [1.29, 1.82) is 0 Å². The van der Waals surface area contributed by atoms with Crippen molar-refractivity contribution < 1.29 is 23.5 Å². The minimum Gasteiger partial charge on any atom is -0.457 e. The molecule has 0 N–H and O–H groups in total. The van der Waals surface area contributed by atoms with Crippen molar-refractivity contribution in [3.63, 3.8) is 0 Å². The first-order valence-corrected chi connectivity index (χ1v) is 19.3. The lowest BCUT2D eigenvalue weighted by Crippen LogP contribution is -2.70. The van der Waals surface area contributed by atoms with Crippen LogP contribution in [0.15, 0.2) is 104 Å². The fraction of sp³-hybridized carbons (Fsp3) is 0.314. The maximum atomic E-state index is 14.6. The molecule has 10 heteroatoms. The molecule has 4 rings (SSSR count). The van der Waals surface area contributed by atoms with Crippen molar-refractivity contribution in [2.45, 2.75) is 50.6 Å². The molecule has 238 valence electrons. The standard InChI is InChI=1S/C35H41ClNO5PSSi/c1-7-23-41-33(40)31(37-30(39)29(32(37)44-28(38)24-36)35(5,6)42-45-34(2,3)4)43(25-17-11-8-12-18-25,26-19-13-9-14-20-26)27-21-15-10-16-22-27/h7-22,29,32H,1,23-24,45H2,2-6H3/t29-,32+/m0/s1. The largest absolute Gasteiger partial charge is 0.457 e. The third-order valence-corrected chi connectivity index (χ3v) is 15.1. The van der Waals surface area contributed by atoms with Crippen LogP contribution < -0.4 is 15.9 Å². The van der Waals surface area contributed by atoms with Gasteiger partial charge >= 0.3 is 5.97 Å². The Labute approximate surface area is 278 Å². The van der Waals surface area contributed by atoms with E-state index in [-0.39, 0.29) is 34.0 Å². The van der Waals surface area contributed by atoms with Crippen molar-refractivity contribution in [2.75, 3.05) is 12.5 Å². The topological polar surface area (TPSA) is 72.9 Å². The van der Waals surface area contributed by atoms with Crippen LogP contribution in [0.3, 0.4) is 0 Å². The van der Waals surface area contributed by atoms with Crippen LogP contribution in [0.1, 0.15) is 34.6 Å². The van der Waals surface area contributed by atoms with E-state index in [1.165, 1.54) is 11.0 Å². The van der Waals surface area contributed by atoms with Crippen LogP contribution in [0.5, 0.6) is 0 Å². The highest BCUT2D eigenvalue weighted by atomic mass is 35.5. The molecular weight excluding hydrogens is 641 g/mol. The lowest BCUT2D eigenvalue weighted by molar-refractivity contribution is -0.156. The Balaban J connectivity index is 2.12. The van der Waals surface area contributed by atoms with E-state index in [4.69, 9.17) is 20.8 Å². The smallest absolute Gasteiger partial charge is 0.356 e. The van der Waals surface area contributed by atoms with Gasteiger partial charge in [-0.25, -0.2) is 4.79 Å². The number of likely N-dealkylation sites (tertiary alicyclic amines) is 1. The normalized spacial score (nSPS) is 17.2. The lowest BCUT2D eigenvalue weighted by Gasteiger charge is -2.54. The number of amides is 1. The van der Waals surface area contributed by atoms with Gasteiger partial charge in [-0.3, -0.25) is 14.5 Å². The van der Waals surface area contributed by atoms with E-state index in [0.717, 1.165) is 27.7 Å². The maximum Gasteiger partial charge on any atom is 0.356 e. The SMILES string of the molecule is C=CCOC(=O)C(N1C(=O)[C@H](C(C)(C)O[SiH2]C(C)(C)C)[C@H]1SC(=O)CCl)=P(c1ccccc1)(c1ccccc1)c1ccccc1. The summed E-state index contributed by atoms with van der Waals surface area (Å²) in [5.74, 6) is -1.87. The Morgan fingerprint density at radius 3 is 1.78 bits per heavy atom. The summed E-state index contributed by atoms with van der Waals surface area (Å²) in [5.41, 5.74) is -0.682. The van der Waals surface area contributed by atoms with Crippen LogP contribution in [0.2, 0.25) is 5.04 Å². The molecule has 0 saturated carbocycles. The van der Waals surface area contributed by atoms with Gasteiger partial charge in [0.2, 0.25) is 11.0 Å². The number of carbonyl (C=O) groups is 3. The quantitative estimate of drug-likeness (QED) is 0.0652. The van der Waals surface area contributed by atoms with E-state index in [2.05, 4.69) is 27.4 Å². The van der Waals surface area contributed by atoms with Crippen LogP contribution >= 0.6 is 30.2 Å². The summed E-state index contributed by atoms with van der Waals surface area (Å²) >= 11 is 7.01. The van der Waals surface area contributed by atoms with E-state index in [1.54, 1.807) is 0 Å². The second-order valence-corrected chi connectivity index (χ2v) is 20.0. The summed E-state index contributed by atoms with van der Waals surface area (Å²) in [4.78, 5) is 43.7. The molecule has 1 fully saturated rings. The average Bonchev–Trinajstić information content (AvgIpc) is 3.03. The monoisotopic (exact) mass is 681 g/mol. The fourth-order valence-corrected chi connectivity index (χ4v) is 12.3. The van der Waals surface area contributed by atoms with Gasteiger partial charge in [0.15, 0.2) is 9.76 Å². The molecule has 45 heavy (non-hydrogen) atoms. The average molecular weight is 682 g/mol. The lowest BCUT2D eigenvalue weighted by atomic mass is 9.83. The summed E-state index contributed by atoms with van der Waals surface area (Å²) in [6, 6.07) is 29.3. The summed E-state index contributed by atoms with van der Waals surface area (Å²) in [7, 11) is -1.06. The number of ether oxygens (including phenoxy) is 1. The van der Waals surface area contributed by atoms with Crippen LogP contribution in [-0.2, 0) is 23.5 Å². The first kappa shape index (κ1) is 35.0. The molecule has 0 aromatic heterocycles. The first-order chi connectivity index (χ1) is 21.4. The molecule has 0 spiro atoms. The van der Waals surface area contributed by atoms with Gasteiger partial charge in [-0.05, 0) is 34.8 Å². The van der Waals surface area contributed by atoms with Crippen LogP contribution in [-0.4, -0.2) is 60.5 Å². The van der Waals surface area contributed by atoms with Crippen molar-refractivity contribution in [2.24, 2.45) is 5.92 Å². The minimum absolute atomic E-state index is 0.0151. The molecule has 3 aromatic carbocycles. The molecule has 1 saturated heterocycles. The van der Waals surface area contributed by atoms with Gasteiger partial charge in [-0.15, -0.1) is 11.6 Å². The molecule has 0 aliphatic carbocycles. The Morgan fingerprint density at radius 2 is 1.38 bits per heavy atom. The number of alkyl halides is 1. The molecular formula is C35H41ClNO5PSSi. The van der Waals surface area contributed by atoms with Crippen LogP contribution in [0.4, 0.5) is 0 Å². The predicted molar refractivity (Wildman–Crippen MR) is 192 cm³/mol. The number of hydrogen-bond acceptors (Lipinski definition) is 6. The summed E-state index contributed by atoms with van der Waals surface area (Å²) in [5, 5.41) is 1.55.